The molecule has 0 saturated carbocycles. The lowest BCUT2D eigenvalue weighted by Gasteiger charge is -2.21. The van der Waals surface area contributed by atoms with E-state index in [1.165, 1.54) is 0 Å². The Balaban J connectivity index is 2.67. The van der Waals surface area contributed by atoms with Gasteiger partial charge in [0.2, 0.25) is 5.91 Å². The van der Waals surface area contributed by atoms with Gasteiger partial charge < -0.3 is 23.8 Å². The van der Waals surface area contributed by atoms with E-state index in [0.29, 0.717) is 16.0 Å². The maximum absolute atomic E-state index is 12.5. The molecule has 0 aliphatic rings. The van der Waals surface area contributed by atoms with Gasteiger partial charge in [0.15, 0.2) is 13.6 Å². The number of hydrogen-bond donors (Lipinski definition) is 0. The van der Waals surface area contributed by atoms with Crippen molar-refractivity contribution in [2.45, 2.75) is 6.42 Å². The summed E-state index contributed by atoms with van der Waals surface area (Å²) >= 11 is 3.60. The van der Waals surface area contributed by atoms with E-state index in [1.807, 2.05) is 30.3 Å². The average molecular weight is 438 g/mol. The summed E-state index contributed by atoms with van der Waals surface area (Å²) in [4.78, 5) is 14.0. The highest BCUT2D eigenvalue weighted by Crippen LogP contribution is 2.43. The summed E-state index contributed by atoms with van der Waals surface area (Å²) in [5.74, 6) is 1.07. The Kier molecular flexibility index (Phi) is 8.09. The van der Waals surface area contributed by atoms with E-state index >= 15 is 0 Å². The Morgan fingerprint density at radius 1 is 1.00 bits per heavy atom. The van der Waals surface area contributed by atoms with Crippen LogP contribution in [0.25, 0.3) is 11.1 Å². The quantitative estimate of drug-likeness (QED) is 0.559. The molecule has 2 rings (SSSR count). The molecular weight excluding hydrogens is 414 g/mol. The summed E-state index contributed by atoms with van der Waals surface area (Å²) in [7, 11) is 6.56. The number of likely N-dealkylation sites (N-methyl/N-ethyl adjacent to an activating group) is 1. The molecule has 1 amide bonds. The van der Waals surface area contributed by atoms with Crippen LogP contribution in [0.2, 0.25) is 0 Å². The van der Waals surface area contributed by atoms with Crippen molar-refractivity contribution in [2.24, 2.45) is 0 Å². The fraction of sp³-hybridized carbons (Fsp3) is 0.350. The number of methoxy groups -OCH3 is 2. The third kappa shape index (κ3) is 5.45. The maximum Gasteiger partial charge on any atom is 0.226 e. The van der Waals surface area contributed by atoms with Crippen LogP contribution in [0.5, 0.6) is 11.5 Å². The largest absolute Gasteiger partial charge is 0.467 e. The third-order valence-corrected chi connectivity index (χ3v) is 4.71. The predicted molar refractivity (Wildman–Crippen MR) is 107 cm³/mol. The van der Waals surface area contributed by atoms with E-state index in [1.54, 1.807) is 39.3 Å². The van der Waals surface area contributed by atoms with E-state index < -0.39 is 0 Å². The maximum atomic E-state index is 12.5. The summed E-state index contributed by atoms with van der Waals surface area (Å²) < 4.78 is 22.3. The molecule has 146 valence electrons. The molecule has 0 unspecified atom stereocenters. The first-order valence-electron chi connectivity index (χ1n) is 8.34. The Hall–Kier alpha value is -2.09. The van der Waals surface area contributed by atoms with Crippen LogP contribution >= 0.6 is 15.9 Å². The van der Waals surface area contributed by atoms with Crippen molar-refractivity contribution >= 4 is 21.8 Å². The lowest BCUT2D eigenvalue weighted by molar-refractivity contribution is -0.127. The number of amides is 1. The van der Waals surface area contributed by atoms with Gasteiger partial charge in [0, 0.05) is 39.9 Å². The number of hydrogen-bond acceptors (Lipinski definition) is 5. The Morgan fingerprint density at radius 3 is 2.15 bits per heavy atom. The van der Waals surface area contributed by atoms with Crippen LogP contribution in [0.1, 0.15) is 5.56 Å². The molecule has 0 aromatic heterocycles. The van der Waals surface area contributed by atoms with Crippen LogP contribution in [0.4, 0.5) is 0 Å². The summed E-state index contributed by atoms with van der Waals surface area (Å²) in [5, 5.41) is 0. The molecule has 0 fully saturated rings. The van der Waals surface area contributed by atoms with E-state index in [4.69, 9.17) is 18.9 Å². The predicted octanol–water partition coefficient (Wildman–Crippen LogP) is 3.71. The molecule has 27 heavy (non-hydrogen) atoms. The van der Waals surface area contributed by atoms with Crippen molar-refractivity contribution in [2.75, 3.05) is 41.9 Å². The number of benzene rings is 2. The zero-order valence-corrected chi connectivity index (χ0v) is 17.5. The zero-order chi connectivity index (χ0) is 19.8. The molecule has 0 heterocycles. The lowest BCUT2D eigenvalue weighted by Crippen LogP contribution is -2.24. The number of carbonyl (C=O) groups is 1. The number of rotatable bonds is 9. The average Bonchev–Trinajstić information content (AvgIpc) is 2.67. The molecule has 0 spiro atoms. The molecule has 2 aromatic rings. The molecule has 7 heteroatoms. The van der Waals surface area contributed by atoms with Crippen LogP contribution in [0, 0.1) is 0 Å². The minimum Gasteiger partial charge on any atom is -0.467 e. The second-order valence-corrected chi connectivity index (χ2v) is 6.77. The first-order chi connectivity index (χ1) is 13.0. The standard InChI is InChI=1S/C20H24BrNO5/c1-22(2)18(23)10-15-19(14-8-6-5-7-9-14)16(26-12-24-3)11-17(20(15)21)27-13-25-4/h5-9,11H,10,12-13H2,1-4H3. The second kappa shape index (κ2) is 10.3. The molecule has 6 nitrogen and oxygen atoms in total. The van der Waals surface area contributed by atoms with Crippen LogP contribution in [0.3, 0.4) is 0 Å². The molecule has 2 aromatic carbocycles. The van der Waals surface area contributed by atoms with Crippen molar-refractivity contribution in [1.82, 2.24) is 4.90 Å². The van der Waals surface area contributed by atoms with Gasteiger partial charge in [-0.2, -0.15) is 0 Å². The van der Waals surface area contributed by atoms with Crippen molar-refractivity contribution in [1.29, 1.82) is 0 Å². The fourth-order valence-corrected chi connectivity index (χ4v) is 3.09. The SMILES string of the molecule is COCOc1cc(OCOC)c(-c2ccccc2)c(CC(=O)N(C)C)c1Br. The first-order valence-corrected chi connectivity index (χ1v) is 9.13. The minimum absolute atomic E-state index is 0.0329. The van der Waals surface area contributed by atoms with Crippen LogP contribution in [-0.2, 0) is 20.7 Å². The van der Waals surface area contributed by atoms with Crippen molar-refractivity contribution in [3.8, 4) is 22.6 Å². The Bertz CT molecular complexity index is 765. The fourth-order valence-electron chi connectivity index (χ4n) is 2.52. The van der Waals surface area contributed by atoms with Gasteiger partial charge in [-0.15, -0.1) is 0 Å². The number of nitrogens with zero attached hydrogens (tertiary/aromatic N) is 1. The van der Waals surface area contributed by atoms with Crippen molar-refractivity contribution in [3.05, 3.63) is 46.4 Å². The summed E-state index contributed by atoms with van der Waals surface area (Å²) in [6, 6.07) is 11.5. The van der Waals surface area contributed by atoms with E-state index in [9.17, 15) is 4.79 Å². The first kappa shape index (κ1) is 21.2. The van der Waals surface area contributed by atoms with Gasteiger partial charge in [-0.3, -0.25) is 4.79 Å². The van der Waals surface area contributed by atoms with E-state index in [0.717, 1.165) is 16.7 Å². The van der Waals surface area contributed by atoms with Gasteiger partial charge in [-0.05, 0) is 27.1 Å². The zero-order valence-electron chi connectivity index (χ0n) is 16.0. The Labute approximate surface area is 168 Å². The summed E-state index contributed by atoms with van der Waals surface area (Å²) in [6.07, 6.45) is 0.186. The highest BCUT2D eigenvalue weighted by Gasteiger charge is 2.22. The van der Waals surface area contributed by atoms with Gasteiger partial charge in [0.25, 0.3) is 0 Å². The molecule has 0 aliphatic heterocycles. The summed E-state index contributed by atoms with van der Waals surface area (Å²) in [6.45, 7) is 0.153. The Morgan fingerprint density at radius 2 is 1.59 bits per heavy atom. The van der Waals surface area contributed by atoms with Gasteiger partial charge in [-0.1, -0.05) is 30.3 Å². The van der Waals surface area contributed by atoms with Crippen LogP contribution in [0.15, 0.2) is 40.9 Å². The summed E-state index contributed by atoms with van der Waals surface area (Å²) in [5.41, 5.74) is 2.53. The van der Waals surface area contributed by atoms with E-state index in [-0.39, 0.29) is 25.9 Å². The third-order valence-electron chi connectivity index (χ3n) is 3.85. The molecule has 0 bridgehead atoms. The van der Waals surface area contributed by atoms with E-state index in [2.05, 4.69) is 15.9 Å². The van der Waals surface area contributed by atoms with Gasteiger partial charge >= 0.3 is 0 Å². The van der Waals surface area contributed by atoms with Crippen LogP contribution < -0.4 is 9.47 Å². The van der Waals surface area contributed by atoms with Crippen molar-refractivity contribution in [3.63, 3.8) is 0 Å². The number of halogens is 1. The minimum atomic E-state index is -0.0329. The monoisotopic (exact) mass is 437 g/mol. The molecule has 0 atom stereocenters. The van der Waals surface area contributed by atoms with Gasteiger partial charge in [0.05, 0.1) is 10.9 Å². The highest BCUT2D eigenvalue weighted by molar-refractivity contribution is 9.10. The molecular formula is C20H24BrNO5. The normalized spacial score (nSPS) is 10.6. The molecule has 0 saturated heterocycles. The van der Waals surface area contributed by atoms with Crippen LogP contribution in [-0.4, -0.2) is 52.7 Å². The van der Waals surface area contributed by atoms with Gasteiger partial charge in [0.1, 0.15) is 11.5 Å². The number of carbonyl (C=O) groups excluding carboxylic acids is 1. The second-order valence-electron chi connectivity index (χ2n) is 5.97. The lowest BCUT2D eigenvalue weighted by atomic mass is 9.95. The van der Waals surface area contributed by atoms with Gasteiger partial charge in [-0.25, -0.2) is 0 Å². The smallest absolute Gasteiger partial charge is 0.226 e. The molecule has 0 radical (unpaired) electrons. The topological polar surface area (TPSA) is 57.2 Å². The highest BCUT2D eigenvalue weighted by atomic mass is 79.9. The number of ether oxygens (including phenoxy) is 4. The van der Waals surface area contributed by atoms with Crippen molar-refractivity contribution < 1.29 is 23.7 Å². The molecule has 0 N–H and O–H groups in total. The molecule has 0 aliphatic carbocycles.